The fourth-order valence-electron chi connectivity index (χ4n) is 22.3. The van der Waals surface area contributed by atoms with Gasteiger partial charge in [0.1, 0.15) is 17.5 Å². The first kappa shape index (κ1) is 81.9. The van der Waals surface area contributed by atoms with Crippen molar-refractivity contribution in [2.24, 2.45) is 0 Å². The van der Waals surface area contributed by atoms with Crippen LogP contribution >= 0.6 is 0 Å². The minimum atomic E-state index is 0.986. The minimum Gasteiger partial charge on any atom is -0.306 e. The molecule has 0 aliphatic carbocycles. The van der Waals surface area contributed by atoms with Gasteiger partial charge in [-0.05, 0) is 320 Å². The summed E-state index contributed by atoms with van der Waals surface area (Å²) < 4.78 is 6.91. The van der Waals surface area contributed by atoms with Crippen molar-refractivity contribution < 1.29 is 0 Å². The van der Waals surface area contributed by atoms with Gasteiger partial charge in [0.2, 0.25) is 0 Å². The van der Waals surface area contributed by atoms with Gasteiger partial charge in [0.05, 0.1) is 84.3 Å². The molecule has 141 heavy (non-hydrogen) atoms. The summed E-state index contributed by atoms with van der Waals surface area (Å²) >= 11 is 0. The molecule has 0 bridgehead atoms. The van der Waals surface area contributed by atoms with Crippen molar-refractivity contribution in [2.75, 3.05) is 14.7 Å². The second kappa shape index (κ2) is 33.5. The zero-order valence-corrected chi connectivity index (χ0v) is 77.7. The van der Waals surface area contributed by atoms with Crippen LogP contribution in [0.4, 0.5) is 51.2 Å². The predicted octanol–water partition coefficient (Wildman–Crippen LogP) is 35.6. The minimum absolute atomic E-state index is 0.986. The van der Waals surface area contributed by atoms with E-state index in [1.165, 1.54) is 154 Å². The predicted molar refractivity (Wildman–Crippen MR) is 591 cm³/mol. The Hall–Kier alpha value is -18.6. The van der Waals surface area contributed by atoms with Crippen LogP contribution in [-0.4, -0.2) is 28.7 Å². The van der Waals surface area contributed by atoms with Gasteiger partial charge in [0, 0.05) is 17.1 Å². The molecule has 0 saturated carbocycles. The normalized spacial score (nSPS) is 12.2. The van der Waals surface area contributed by atoms with Crippen LogP contribution in [0.15, 0.2) is 485 Å². The number of fused-ring (bicyclic) bond motifs is 12. The van der Waals surface area contributed by atoms with E-state index in [0.717, 1.165) is 119 Å². The Morgan fingerprint density at radius 3 is 0.759 bits per heavy atom. The van der Waals surface area contributed by atoms with E-state index in [-0.39, 0.29) is 0 Å². The van der Waals surface area contributed by atoms with E-state index in [1.807, 2.05) is 0 Å². The first-order valence-electron chi connectivity index (χ1n) is 48.3. The second-order valence-corrected chi connectivity index (χ2v) is 37.1. The fraction of sp³-hybridized carbons (Fsp3) is 0.0227. The molecule has 26 aromatic rings. The molecule has 0 radical (unpaired) electrons. The summed E-state index contributed by atoms with van der Waals surface area (Å²) in [6.45, 7) is 6.28. The molecule has 6 heterocycles. The summed E-state index contributed by atoms with van der Waals surface area (Å²) in [5, 5.41) is 15.0. The van der Waals surface area contributed by atoms with Crippen molar-refractivity contribution in [3.63, 3.8) is 0 Å². The van der Waals surface area contributed by atoms with Crippen LogP contribution in [0.3, 0.4) is 0 Å². The monoisotopic (exact) mass is 1800 g/mol. The van der Waals surface area contributed by atoms with Crippen molar-refractivity contribution in [1.82, 2.24) is 28.7 Å². The number of aryl methyl sites for hydroxylation is 3. The number of benzene rings is 23. The van der Waals surface area contributed by atoms with Crippen molar-refractivity contribution >= 4 is 149 Å². The van der Waals surface area contributed by atoms with Crippen LogP contribution in [0.2, 0.25) is 0 Å². The average Bonchev–Trinajstić information content (AvgIpc) is 1.66. The SMILES string of the molecule is Cc1nc2cccc3c2n1-c1ccc(-c2ccc(-c4ccc5c(-c6ccc7ccccc7c6)c6ccccc6c(-c6ccc7ccccc7c6)c5c4)cc2)cc1N3c1ccccc1.Cc1nc2cccc3c2n1-c1ccc(-c2ccc(-c4ccc5ccccc5c4)cc2)cc1N3c1ccccc1.Cc1nc2cccc3c2n1-c1ccc(-c2ccc4cc(-c5ccccc5)ccc4c2)cc1N3c1ccccc1. The van der Waals surface area contributed by atoms with Gasteiger partial charge in [-0.15, -0.1) is 0 Å². The fourth-order valence-corrected chi connectivity index (χ4v) is 22.3. The van der Waals surface area contributed by atoms with Crippen molar-refractivity contribution in [3.8, 4) is 106 Å². The van der Waals surface area contributed by atoms with Crippen LogP contribution < -0.4 is 14.7 Å². The number of aromatic nitrogens is 6. The Labute approximate surface area is 816 Å². The van der Waals surface area contributed by atoms with Crippen LogP contribution in [0.1, 0.15) is 17.5 Å². The van der Waals surface area contributed by atoms with E-state index in [1.54, 1.807) is 0 Å². The van der Waals surface area contributed by atoms with E-state index in [9.17, 15) is 0 Å². The molecule has 3 aliphatic heterocycles. The molecule has 0 N–H and O–H groups in total. The van der Waals surface area contributed by atoms with Crippen molar-refractivity contribution in [1.29, 1.82) is 0 Å². The lowest BCUT2D eigenvalue weighted by atomic mass is 9.84. The van der Waals surface area contributed by atoms with Gasteiger partial charge in [-0.3, -0.25) is 13.7 Å². The van der Waals surface area contributed by atoms with Gasteiger partial charge in [-0.25, -0.2) is 15.0 Å². The summed E-state index contributed by atoms with van der Waals surface area (Å²) in [7, 11) is 0. The molecule has 0 amide bonds. The molecule has 662 valence electrons. The highest BCUT2D eigenvalue weighted by atomic mass is 15.3. The molecule has 3 aliphatic rings. The van der Waals surface area contributed by atoms with Crippen molar-refractivity contribution in [2.45, 2.75) is 20.8 Å². The summed E-state index contributed by atoms with van der Waals surface area (Å²) in [5.41, 5.74) is 39.6. The molecule has 3 aromatic heterocycles. The number of hydrogen-bond acceptors (Lipinski definition) is 6. The first-order valence-corrected chi connectivity index (χ1v) is 48.3. The largest absolute Gasteiger partial charge is 0.306 e. The Balaban J connectivity index is 0.000000111. The smallest absolute Gasteiger partial charge is 0.111 e. The van der Waals surface area contributed by atoms with Crippen LogP contribution in [0.25, 0.3) is 204 Å². The Morgan fingerprint density at radius 2 is 0.390 bits per heavy atom. The number of nitrogens with zero attached hydrogens (tertiary/aromatic N) is 9. The van der Waals surface area contributed by atoms with Crippen molar-refractivity contribution in [3.05, 3.63) is 503 Å². The molecule has 0 unspecified atom stereocenters. The molecular formula is C132H89N9. The van der Waals surface area contributed by atoms with E-state index >= 15 is 0 Å². The van der Waals surface area contributed by atoms with Gasteiger partial charge in [-0.1, -0.05) is 340 Å². The maximum atomic E-state index is 4.97. The molecule has 0 atom stereocenters. The quantitative estimate of drug-likeness (QED) is 0.120. The van der Waals surface area contributed by atoms with Gasteiger partial charge < -0.3 is 14.7 Å². The highest BCUT2D eigenvalue weighted by molar-refractivity contribution is 6.23. The number of para-hydroxylation sites is 6. The number of anilines is 9. The maximum Gasteiger partial charge on any atom is 0.111 e. The lowest BCUT2D eigenvalue weighted by Crippen LogP contribution is -2.18. The number of hydrogen-bond donors (Lipinski definition) is 0. The zero-order valence-electron chi connectivity index (χ0n) is 77.7. The number of imidazole rings is 3. The van der Waals surface area contributed by atoms with Crippen LogP contribution in [0, 0.1) is 20.8 Å². The third kappa shape index (κ3) is 13.9. The van der Waals surface area contributed by atoms with Gasteiger partial charge in [0.25, 0.3) is 0 Å². The highest BCUT2D eigenvalue weighted by Crippen LogP contribution is 2.54. The maximum absolute atomic E-state index is 4.97. The lowest BCUT2D eigenvalue weighted by molar-refractivity contribution is 0.982. The van der Waals surface area contributed by atoms with Gasteiger partial charge in [-0.2, -0.15) is 0 Å². The summed E-state index contributed by atoms with van der Waals surface area (Å²) in [6, 6.07) is 176. The van der Waals surface area contributed by atoms with Crippen LogP contribution in [0.5, 0.6) is 0 Å². The van der Waals surface area contributed by atoms with E-state index in [2.05, 4.69) is 534 Å². The van der Waals surface area contributed by atoms with Crippen LogP contribution in [-0.2, 0) is 0 Å². The van der Waals surface area contributed by atoms with Gasteiger partial charge >= 0.3 is 0 Å². The molecular weight excluding hydrogens is 1710 g/mol. The molecule has 0 fully saturated rings. The Bertz CT molecular complexity index is 9530. The Morgan fingerprint density at radius 1 is 0.149 bits per heavy atom. The molecule has 0 spiro atoms. The third-order valence-corrected chi connectivity index (χ3v) is 28.8. The zero-order chi connectivity index (χ0) is 93.4. The standard InChI is InChI=1S/C60H39N3.2C36H25N3/c1-38-61-54-20-11-21-56-60(54)62(38)55-33-31-46(37-57(55)63(56)49-16-3-2-4-17-49)42-24-22-41(23-25-42)45-30-32-52-53(36-45)59(48-29-27-40-13-6-8-15-44(40)35-48)51-19-10-9-18-50(51)58(52)47-28-26-39-12-5-7-14-43(39)34-47;1-24-37-32-13-8-14-34-36(32)38(24)33-20-19-30(23-35(33)39(34)31-11-6-3-7-12-31)29-18-17-27-21-26(15-16-28(27)22-29)25-9-4-2-5-10-25;1-24-37-32-12-7-13-34-36(32)38(24)33-21-20-30(23-35(33)39(34)31-10-3-2-4-11-31)27-16-14-26(15-17-27)29-19-18-25-8-5-6-9-28(25)22-29/h2-37H,1H3;2*2-23H,1H3. The molecule has 23 aromatic carbocycles. The topological polar surface area (TPSA) is 63.2 Å². The number of rotatable bonds is 11. The summed E-state index contributed by atoms with van der Waals surface area (Å²) in [5.74, 6) is 2.98. The van der Waals surface area contributed by atoms with E-state index in [4.69, 9.17) is 15.0 Å². The molecule has 0 saturated heterocycles. The molecule has 9 nitrogen and oxygen atoms in total. The third-order valence-electron chi connectivity index (χ3n) is 28.8. The highest BCUT2D eigenvalue weighted by Gasteiger charge is 2.33. The molecule has 9 heteroatoms. The Kier molecular flexibility index (Phi) is 19.4. The van der Waals surface area contributed by atoms with E-state index in [0.29, 0.717) is 0 Å². The first-order chi connectivity index (χ1) is 69.6. The molecule has 29 rings (SSSR count). The summed E-state index contributed by atoms with van der Waals surface area (Å²) in [4.78, 5) is 21.9. The second-order valence-electron chi connectivity index (χ2n) is 37.1. The lowest BCUT2D eigenvalue weighted by Gasteiger charge is -2.33. The summed E-state index contributed by atoms with van der Waals surface area (Å²) in [6.07, 6.45) is 0. The van der Waals surface area contributed by atoms with Gasteiger partial charge in [0.15, 0.2) is 0 Å². The van der Waals surface area contributed by atoms with E-state index < -0.39 is 0 Å². The average molecular weight is 1800 g/mol.